The average Bonchev–Trinajstić information content (AvgIpc) is 2.26. The Morgan fingerprint density at radius 1 is 1.35 bits per heavy atom. The second-order valence-electron chi connectivity index (χ2n) is 3.48. The second kappa shape index (κ2) is 3.76. The van der Waals surface area contributed by atoms with E-state index < -0.39 is 24.6 Å². The fourth-order valence-electron chi connectivity index (χ4n) is 1.57. The van der Waals surface area contributed by atoms with Gasteiger partial charge in [0.05, 0.1) is 12.2 Å². The lowest BCUT2D eigenvalue weighted by Gasteiger charge is -2.30. The van der Waals surface area contributed by atoms with Gasteiger partial charge < -0.3 is 5.73 Å². The number of alkyl halides is 3. The van der Waals surface area contributed by atoms with Gasteiger partial charge in [-0.3, -0.25) is 9.69 Å². The molecule has 0 radical (unpaired) electrons. The summed E-state index contributed by atoms with van der Waals surface area (Å²) in [7, 11) is 0. The molecule has 0 atom stereocenters. The number of hydrogen-bond donors (Lipinski definition) is 1. The van der Waals surface area contributed by atoms with E-state index in [-0.39, 0.29) is 4.90 Å². The van der Waals surface area contributed by atoms with Crippen molar-refractivity contribution < 1.29 is 18.0 Å². The Morgan fingerprint density at radius 3 is 2.59 bits per heavy atom. The van der Waals surface area contributed by atoms with Crippen LogP contribution in [0.25, 0.3) is 0 Å². The number of carbonyl (C=O) groups is 1. The normalized spacial score (nSPS) is 15.2. The van der Waals surface area contributed by atoms with E-state index in [4.69, 9.17) is 5.73 Å². The summed E-state index contributed by atoms with van der Waals surface area (Å²) < 4.78 is 38.0. The quantitative estimate of drug-likeness (QED) is 0.760. The first kappa shape index (κ1) is 11.4. The third-order valence-electron chi connectivity index (χ3n) is 2.33. The first-order valence-electron chi connectivity index (χ1n) is 4.70. The Bertz CT molecular complexity index is 496. The lowest BCUT2D eigenvalue weighted by atomic mass is 10.1. The molecule has 0 saturated carbocycles. The van der Waals surface area contributed by atoms with Crippen LogP contribution in [0, 0.1) is 0 Å². The van der Waals surface area contributed by atoms with Gasteiger partial charge in [-0.25, -0.2) is 4.99 Å². The lowest BCUT2D eigenvalue weighted by Crippen LogP contribution is -2.49. The third kappa shape index (κ3) is 2.08. The van der Waals surface area contributed by atoms with Crippen molar-refractivity contribution in [1.29, 1.82) is 0 Å². The molecule has 1 aliphatic rings. The molecule has 0 saturated heterocycles. The molecule has 0 spiro atoms. The number of aliphatic imine (C=N–C) groups is 1. The fourth-order valence-corrected chi connectivity index (χ4v) is 1.57. The van der Waals surface area contributed by atoms with Crippen molar-refractivity contribution in [2.24, 2.45) is 10.7 Å². The van der Waals surface area contributed by atoms with Crippen LogP contribution in [-0.4, -0.2) is 22.9 Å². The first-order chi connectivity index (χ1) is 7.89. The monoisotopic (exact) mass is 243 g/mol. The van der Waals surface area contributed by atoms with Crippen molar-refractivity contribution in [2.45, 2.75) is 12.8 Å². The Morgan fingerprint density at radius 2 is 2.00 bits per heavy atom. The topological polar surface area (TPSA) is 58.7 Å². The molecule has 0 bridgehead atoms. The highest BCUT2D eigenvalue weighted by Crippen LogP contribution is 2.32. The van der Waals surface area contributed by atoms with Crippen LogP contribution in [0.5, 0.6) is 0 Å². The molecular formula is C10H8F3N3O. The third-order valence-corrected chi connectivity index (χ3v) is 2.33. The number of amidine groups is 1. The van der Waals surface area contributed by atoms with E-state index in [1.54, 1.807) is 12.1 Å². The number of primary amides is 1. The zero-order chi connectivity index (χ0) is 12.6. The van der Waals surface area contributed by atoms with Crippen LogP contribution in [0.2, 0.25) is 0 Å². The van der Waals surface area contributed by atoms with E-state index in [9.17, 15) is 18.0 Å². The maximum absolute atomic E-state index is 12.7. The highest BCUT2D eigenvalue weighted by Gasteiger charge is 2.43. The fraction of sp³-hybridized carbons (Fsp3) is 0.200. The van der Waals surface area contributed by atoms with Gasteiger partial charge in [0, 0.05) is 0 Å². The van der Waals surface area contributed by atoms with E-state index in [0.717, 1.165) is 0 Å². The maximum Gasteiger partial charge on any atom is 0.486 e. The predicted molar refractivity (Wildman–Crippen MR) is 54.3 cm³/mol. The summed E-state index contributed by atoms with van der Waals surface area (Å²) in [6, 6.07) is 6.30. The highest BCUT2D eigenvalue weighted by atomic mass is 19.4. The van der Waals surface area contributed by atoms with E-state index in [2.05, 4.69) is 4.99 Å². The van der Waals surface area contributed by atoms with Gasteiger partial charge in [0.2, 0.25) is 5.84 Å². The first-order valence-corrected chi connectivity index (χ1v) is 4.70. The van der Waals surface area contributed by atoms with Crippen molar-refractivity contribution in [3.8, 4) is 0 Å². The molecule has 0 fully saturated rings. The molecular weight excluding hydrogens is 235 g/mol. The molecule has 7 heteroatoms. The summed E-state index contributed by atoms with van der Waals surface area (Å²) in [5.41, 5.74) is 5.63. The molecule has 17 heavy (non-hydrogen) atoms. The van der Waals surface area contributed by atoms with Gasteiger partial charge in [0.1, 0.15) is 0 Å². The number of carbonyl (C=O) groups excluding carboxylic acids is 1. The number of benzene rings is 1. The van der Waals surface area contributed by atoms with Crippen LogP contribution in [0.15, 0.2) is 29.3 Å². The van der Waals surface area contributed by atoms with Crippen LogP contribution in [-0.2, 0) is 11.3 Å². The van der Waals surface area contributed by atoms with Crippen molar-refractivity contribution >= 4 is 17.4 Å². The van der Waals surface area contributed by atoms with Crippen LogP contribution in [0.3, 0.4) is 0 Å². The summed E-state index contributed by atoms with van der Waals surface area (Å²) in [6.45, 7) is -0.457. The minimum absolute atomic E-state index is 0.0579. The molecule has 0 unspecified atom stereocenters. The smallest absolute Gasteiger partial charge is 0.363 e. The molecule has 4 nitrogen and oxygen atoms in total. The number of rotatable bonds is 1. The number of amides is 1. The number of fused-ring (bicyclic) bond motifs is 1. The van der Waals surface area contributed by atoms with Gasteiger partial charge in [-0.15, -0.1) is 0 Å². The number of hydrogen-bond acceptors (Lipinski definition) is 3. The van der Waals surface area contributed by atoms with Gasteiger partial charge in [-0.05, 0) is 11.6 Å². The number of nitrogens with two attached hydrogens (primary N) is 1. The van der Waals surface area contributed by atoms with E-state index in [0.29, 0.717) is 11.3 Å². The number of halogens is 3. The summed E-state index contributed by atoms with van der Waals surface area (Å²) >= 11 is 0. The molecule has 1 amide bonds. The van der Waals surface area contributed by atoms with Gasteiger partial charge in [-0.2, -0.15) is 13.2 Å². The van der Waals surface area contributed by atoms with Crippen molar-refractivity contribution in [3.63, 3.8) is 0 Å². The zero-order valence-corrected chi connectivity index (χ0v) is 8.53. The zero-order valence-electron chi connectivity index (χ0n) is 8.53. The van der Waals surface area contributed by atoms with Crippen LogP contribution >= 0.6 is 0 Å². The standard InChI is InChI=1S/C10H8F3N3O/c11-10(12,13)16-5-6-3-1-2-4-7(6)15-9(16)8(14)17/h1-4H,5H2,(H2,14,17). The molecule has 0 aliphatic carbocycles. The minimum atomic E-state index is -4.68. The van der Waals surface area contributed by atoms with Gasteiger partial charge in [0.15, 0.2) is 0 Å². The van der Waals surface area contributed by atoms with Crippen molar-refractivity contribution in [2.75, 3.05) is 0 Å². The average molecular weight is 243 g/mol. The Labute approximate surface area is 94.5 Å². The maximum atomic E-state index is 12.7. The summed E-state index contributed by atoms with van der Waals surface area (Å²) in [5, 5.41) is 0. The van der Waals surface area contributed by atoms with Crippen molar-refractivity contribution in [3.05, 3.63) is 29.8 Å². The summed E-state index contributed by atoms with van der Waals surface area (Å²) in [4.78, 5) is 14.6. The minimum Gasteiger partial charge on any atom is -0.363 e. The second-order valence-corrected chi connectivity index (χ2v) is 3.48. The molecule has 0 aromatic heterocycles. The van der Waals surface area contributed by atoms with Gasteiger partial charge >= 0.3 is 6.30 Å². The van der Waals surface area contributed by atoms with Crippen molar-refractivity contribution in [1.82, 2.24) is 4.90 Å². The van der Waals surface area contributed by atoms with Gasteiger partial charge in [0.25, 0.3) is 5.91 Å². The Kier molecular flexibility index (Phi) is 2.53. The lowest BCUT2D eigenvalue weighted by molar-refractivity contribution is -0.221. The van der Waals surface area contributed by atoms with Crippen LogP contribution < -0.4 is 5.73 Å². The van der Waals surface area contributed by atoms with E-state index in [1.807, 2.05) is 0 Å². The number of nitrogens with zero attached hydrogens (tertiary/aromatic N) is 2. The number of para-hydroxylation sites is 1. The molecule has 1 aromatic carbocycles. The highest BCUT2D eigenvalue weighted by molar-refractivity contribution is 6.38. The largest absolute Gasteiger partial charge is 0.486 e. The van der Waals surface area contributed by atoms with Gasteiger partial charge in [-0.1, -0.05) is 18.2 Å². The molecule has 1 heterocycles. The van der Waals surface area contributed by atoms with E-state index >= 15 is 0 Å². The molecule has 1 aromatic rings. The SMILES string of the molecule is NC(=O)C1=Nc2ccccc2CN1C(F)(F)F. The Hall–Kier alpha value is -2.05. The molecule has 2 rings (SSSR count). The molecule has 1 aliphatic heterocycles. The van der Waals surface area contributed by atoms with E-state index in [1.165, 1.54) is 12.1 Å². The van der Waals surface area contributed by atoms with Crippen LogP contribution in [0.4, 0.5) is 18.9 Å². The molecule has 2 N–H and O–H groups in total. The Balaban J connectivity index is 2.51. The summed E-state index contributed by atoms with van der Waals surface area (Å²) in [5.74, 6) is -1.98. The molecule has 90 valence electrons. The predicted octanol–water partition coefficient (Wildman–Crippen LogP) is 1.54. The van der Waals surface area contributed by atoms with Crippen LogP contribution in [0.1, 0.15) is 5.56 Å². The summed E-state index contributed by atoms with van der Waals surface area (Å²) in [6.07, 6.45) is -4.68.